The van der Waals surface area contributed by atoms with E-state index >= 15 is 0 Å². The number of ether oxygens (including phenoxy) is 1. The molecule has 0 amide bonds. The van der Waals surface area contributed by atoms with Crippen LogP contribution in [0.2, 0.25) is 0 Å². The Balaban J connectivity index is 1.32. The van der Waals surface area contributed by atoms with Gasteiger partial charge in [0, 0.05) is 38.4 Å². The molecule has 166 valence electrons. The largest absolute Gasteiger partial charge is 0.462 e. The van der Waals surface area contributed by atoms with Crippen LogP contribution in [0.15, 0.2) is 48.5 Å². The molecule has 0 unspecified atom stereocenters. The van der Waals surface area contributed by atoms with E-state index in [2.05, 4.69) is 20.4 Å². The highest BCUT2D eigenvalue weighted by Gasteiger charge is 2.18. The van der Waals surface area contributed by atoms with Crippen LogP contribution in [0.1, 0.15) is 23.7 Å². The molecule has 2 aromatic rings. The minimum Gasteiger partial charge on any atom is -0.462 e. The number of benzene rings is 2. The van der Waals surface area contributed by atoms with Crippen molar-refractivity contribution in [1.82, 2.24) is 10.2 Å². The number of hydrogen-bond acceptors (Lipinski definition) is 5. The van der Waals surface area contributed by atoms with Crippen molar-refractivity contribution in [2.45, 2.75) is 13.3 Å². The third kappa shape index (κ3) is 6.90. The van der Waals surface area contributed by atoms with Crippen LogP contribution in [-0.2, 0) is 4.74 Å². The lowest BCUT2D eigenvalue weighted by molar-refractivity contribution is 0.0526. The highest BCUT2D eigenvalue weighted by molar-refractivity contribution is 7.80. The zero-order valence-corrected chi connectivity index (χ0v) is 18.6. The van der Waals surface area contributed by atoms with Gasteiger partial charge in [-0.05, 0) is 68.5 Å². The van der Waals surface area contributed by atoms with Crippen molar-refractivity contribution >= 4 is 34.7 Å². The highest BCUT2D eigenvalue weighted by atomic mass is 32.1. The third-order valence-corrected chi connectivity index (χ3v) is 5.40. The first-order chi connectivity index (χ1) is 15.1. The molecule has 2 N–H and O–H groups in total. The molecule has 1 aliphatic heterocycles. The predicted molar refractivity (Wildman–Crippen MR) is 126 cm³/mol. The first kappa shape index (κ1) is 23.0. The summed E-state index contributed by atoms with van der Waals surface area (Å²) >= 11 is 5.34. The second-order valence-electron chi connectivity index (χ2n) is 7.31. The zero-order valence-electron chi connectivity index (χ0n) is 17.8. The van der Waals surface area contributed by atoms with E-state index in [9.17, 15) is 9.18 Å². The van der Waals surface area contributed by atoms with Crippen molar-refractivity contribution in [3.63, 3.8) is 0 Å². The van der Waals surface area contributed by atoms with E-state index in [0.29, 0.717) is 23.0 Å². The lowest BCUT2D eigenvalue weighted by Gasteiger charge is -2.36. The predicted octanol–water partition coefficient (Wildman–Crippen LogP) is 3.50. The van der Waals surface area contributed by atoms with Crippen molar-refractivity contribution in [1.29, 1.82) is 0 Å². The number of carbonyl (C=O) groups excluding carboxylic acids is 1. The molecule has 3 rings (SSSR count). The zero-order chi connectivity index (χ0) is 22.1. The van der Waals surface area contributed by atoms with E-state index in [4.69, 9.17) is 17.0 Å². The molecule has 8 heteroatoms. The van der Waals surface area contributed by atoms with Crippen molar-refractivity contribution in [2.75, 3.05) is 56.1 Å². The summed E-state index contributed by atoms with van der Waals surface area (Å²) in [7, 11) is 0. The second-order valence-corrected chi connectivity index (χ2v) is 7.72. The van der Waals surface area contributed by atoms with Crippen molar-refractivity contribution < 1.29 is 13.9 Å². The lowest BCUT2D eigenvalue weighted by Crippen LogP contribution is -2.47. The van der Waals surface area contributed by atoms with E-state index in [-0.39, 0.29) is 11.8 Å². The first-order valence-electron chi connectivity index (χ1n) is 10.6. The summed E-state index contributed by atoms with van der Waals surface area (Å²) in [4.78, 5) is 16.2. The number of rotatable bonds is 8. The summed E-state index contributed by atoms with van der Waals surface area (Å²) in [5.41, 5.74) is 2.02. The number of halogens is 1. The number of nitrogens with one attached hydrogen (secondary N) is 2. The van der Waals surface area contributed by atoms with Crippen LogP contribution in [-0.4, -0.2) is 61.9 Å². The van der Waals surface area contributed by atoms with Crippen LogP contribution in [0.3, 0.4) is 0 Å². The van der Waals surface area contributed by atoms with Crippen LogP contribution in [0.25, 0.3) is 0 Å². The molecule has 1 saturated heterocycles. The normalized spacial score (nSPS) is 14.2. The third-order valence-electron chi connectivity index (χ3n) is 5.16. The van der Waals surface area contributed by atoms with Gasteiger partial charge in [-0.25, -0.2) is 9.18 Å². The average molecular weight is 445 g/mol. The standard InChI is InChI=1S/C23H29FN4O2S/c1-2-30-22(29)18-8-10-19(11-9-18)26-23(31)25-12-5-13-27-14-16-28(17-15-27)21-7-4-3-6-20(21)24/h3-4,6-11H,2,5,12-17H2,1H3,(H2,25,26,31). The Morgan fingerprint density at radius 3 is 2.48 bits per heavy atom. The highest BCUT2D eigenvalue weighted by Crippen LogP contribution is 2.20. The number of para-hydroxylation sites is 1. The average Bonchev–Trinajstić information content (AvgIpc) is 2.78. The summed E-state index contributed by atoms with van der Waals surface area (Å²) in [5.74, 6) is -0.485. The molecular weight excluding hydrogens is 415 g/mol. The monoisotopic (exact) mass is 444 g/mol. The molecule has 1 fully saturated rings. The molecule has 0 aliphatic carbocycles. The van der Waals surface area contributed by atoms with E-state index < -0.39 is 0 Å². The van der Waals surface area contributed by atoms with Crippen molar-refractivity contribution in [3.8, 4) is 0 Å². The maximum atomic E-state index is 13.9. The molecular formula is C23H29FN4O2S. The molecule has 0 spiro atoms. The minimum atomic E-state index is -0.329. The number of esters is 1. The van der Waals surface area contributed by atoms with Crippen LogP contribution in [0, 0.1) is 5.82 Å². The van der Waals surface area contributed by atoms with E-state index in [1.165, 1.54) is 6.07 Å². The number of hydrogen-bond donors (Lipinski definition) is 2. The molecule has 1 aliphatic rings. The molecule has 0 atom stereocenters. The van der Waals surface area contributed by atoms with Gasteiger partial charge < -0.3 is 20.3 Å². The van der Waals surface area contributed by atoms with Gasteiger partial charge in [0.05, 0.1) is 17.9 Å². The molecule has 0 aromatic heterocycles. The molecule has 0 bridgehead atoms. The van der Waals surface area contributed by atoms with Crippen LogP contribution in [0.4, 0.5) is 15.8 Å². The fourth-order valence-corrected chi connectivity index (χ4v) is 3.72. The molecule has 6 nitrogen and oxygen atoms in total. The molecule has 2 aromatic carbocycles. The van der Waals surface area contributed by atoms with Crippen LogP contribution < -0.4 is 15.5 Å². The van der Waals surface area contributed by atoms with E-state index in [1.807, 2.05) is 12.1 Å². The maximum absolute atomic E-state index is 13.9. The van der Waals surface area contributed by atoms with Gasteiger partial charge in [0.25, 0.3) is 0 Å². The van der Waals surface area contributed by atoms with Gasteiger partial charge in [-0.2, -0.15) is 0 Å². The Morgan fingerprint density at radius 1 is 1.10 bits per heavy atom. The van der Waals surface area contributed by atoms with Gasteiger partial charge in [0.15, 0.2) is 5.11 Å². The van der Waals surface area contributed by atoms with Crippen LogP contribution in [0.5, 0.6) is 0 Å². The fourth-order valence-electron chi connectivity index (χ4n) is 3.50. The second kappa shape index (κ2) is 11.6. The summed E-state index contributed by atoms with van der Waals surface area (Å²) in [6, 6.07) is 14.0. The molecule has 0 saturated carbocycles. The summed E-state index contributed by atoms with van der Waals surface area (Å²) in [6.45, 7) is 7.37. The lowest BCUT2D eigenvalue weighted by atomic mass is 10.2. The maximum Gasteiger partial charge on any atom is 0.338 e. The number of anilines is 2. The quantitative estimate of drug-likeness (QED) is 0.367. The Kier molecular flexibility index (Phi) is 8.61. The van der Waals surface area contributed by atoms with Crippen molar-refractivity contribution in [2.24, 2.45) is 0 Å². The SMILES string of the molecule is CCOC(=O)c1ccc(NC(=S)NCCCN2CCN(c3ccccc3F)CC2)cc1. The smallest absolute Gasteiger partial charge is 0.338 e. The number of piperazine rings is 1. The van der Waals surface area contributed by atoms with Gasteiger partial charge in [-0.1, -0.05) is 12.1 Å². The topological polar surface area (TPSA) is 56.8 Å². The number of carbonyl (C=O) groups is 1. The Morgan fingerprint density at radius 2 is 1.81 bits per heavy atom. The first-order valence-corrected chi connectivity index (χ1v) is 11.0. The number of thiocarbonyl (C=S) groups is 1. The summed E-state index contributed by atoms with van der Waals surface area (Å²) < 4.78 is 18.9. The van der Waals surface area contributed by atoms with Crippen molar-refractivity contribution in [3.05, 3.63) is 59.9 Å². The Hall–Kier alpha value is -2.71. The number of nitrogens with zero attached hydrogens (tertiary/aromatic N) is 2. The van der Waals surface area contributed by atoms with E-state index in [0.717, 1.165) is 51.4 Å². The summed E-state index contributed by atoms with van der Waals surface area (Å²) in [6.07, 6.45) is 0.962. The Bertz CT molecular complexity index is 870. The van der Waals surface area contributed by atoms with Crippen LogP contribution >= 0.6 is 12.2 Å². The van der Waals surface area contributed by atoms with Gasteiger partial charge in [0.2, 0.25) is 0 Å². The van der Waals surface area contributed by atoms with E-state index in [1.54, 1.807) is 37.3 Å². The minimum absolute atomic E-state index is 0.156. The van der Waals surface area contributed by atoms with Gasteiger partial charge in [-0.3, -0.25) is 4.90 Å². The van der Waals surface area contributed by atoms with Gasteiger partial charge in [-0.15, -0.1) is 0 Å². The van der Waals surface area contributed by atoms with Gasteiger partial charge >= 0.3 is 5.97 Å². The molecule has 0 radical (unpaired) electrons. The summed E-state index contributed by atoms with van der Waals surface area (Å²) in [5, 5.41) is 6.88. The molecule has 31 heavy (non-hydrogen) atoms. The fraction of sp³-hybridized carbons (Fsp3) is 0.391. The molecule has 1 heterocycles. The Labute approximate surface area is 188 Å². The van der Waals surface area contributed by atoms with Gasteiger partial charge in [0.1, 0.15) is 5.82 Å².